The minimum atomic E-state index is -0.241. The van der Waals surface area contributed by atoms with Gasteiger partial charge in [-0.05, 0) is 11.8 Å². The van der Waals surface area contributed by atoms with E-state index in [1.54, 1.807) is 7.05 Å². The summed E-state index contributed by atoms with van der Waals surface area (Å²) in [7, 11) is 1.70. The van der Waals surface area contributed by atoms with Crippen LogP contribution in [0.3, 0.4) is 0 Å². The highest BCUT2D eigenvalue weighted by Gasteiger charge is 2.38. The zero-order valence-corrected chi connectivity index (χ0v) is 11.2. The minimum Gasteiger partial charge on any atom is -0.359 e. The lowest BCUT2D eigenvalue weighted by molar-refractivity contribution is -0.134. The Morgan fingerprint density at radius 1 is 1.15 bits per heavy atom. The maximum Gasteiger partial charge on any atom is 0.226 e. The van der Waals surface area contributed by atoms with E-state index in [1.807, 2.05) is 6.92 Å². The molecular weight excluding hydrogens is 230 g/mol. The van der Waals surface area contributed by atoms with Crippen LogP contribution in [0, 0.1) is 17.3 Å². The Kier molecular flexibility index (Phi) is 6.68. The molecule has 13 heavy (non-hydrogen) atoms. The summed E-state index contributed by atoms with van der Waals surface area (Å²) in [6, 6.07) is 0. The van der Waals surface area contributed by atoms with Gasteiger partial charge >= 0.3 is 0 Å². The van der Waals surface area contributed by atoms with E-state index in [9.17, 15) is 4.79 Å². The molecule has 1 amide bonds. The first-order valence-corrected chi connectivity index (χ1v) is 4.59. The Hall–Kier alpha value is -0.0500. The van der Waals surface area contributed by atoms with Crippen LogP contribution >= 0.6 is 17.0 Å². The van der Waals surface area contributed by atoms with Crippen LogP contribution in [-0.4, -0.2) is 13.0 Å². The lowest BCUT2D eigenvalue weighted by atomic mass is 9.70. The van der Waals surface area contributed by atoms with Crippen LogP contribution in [0.2, 0.25) is 0 Å². The molecule has 0 aromatic rings. The van der Waals surface area contributed by atoms with E-state index in [1.165, 1.54) is 0 Å². The molecule has 0 unspecified atom stereocenters. The van der Waals surface area contributed by atoms with Crippen molar-refractivity contribution in [3.8, 4) is 0 Å². The Labute approximate surface area is 92.2 Å². The SMILES string of the molecule is Br.CNC(=O)C(C)(C(C)C)C(C)C. The molecule has 0 aliphatic heterocycles. The van der Waals surface area contributed by atoms with Crippen molar-refractivity contribution >= 4 is 22.9 Å². The topological polar surface area (TPSA) is 29.1 Å². The van der Waals surface area contributed by atoms with E-state index < -0.39 is 0 Å². The Morgan fingerprint density at radius 2 is 1.46 bits per heavy atom. The fraction of sp³-hybridized carbons (Fsp3) is 0.900. The Balaban J connectivity index is 0. The second-order valence-corrected chi connectivity index (χ2v) is 4.17. The highest BCUT2D eigenvalue weighted by atomic mass is 79.9. The van der Waals surface area contributed by atoms with Crippen molar-refractivity contribution in [3.05, 3.63) is 0 Å². The van der Waals surface area contributed by atoms with Crippen LogP contribution in [0.4, 0.5) is 0 Å². The predicted molar refractivity (Wildman–Crippen MR) is 62.2 cm³/mol. The van der Waals surface area contributed by atoms with Crippen LogP contribution < -0.4 is 5.32 Å². The zero-order chi connectivity index (χ0) is 9.94. The summed E-state index contributed by atoms with van der Waals surface area (Å²) in [5.41, 5.74) is -0.241. The van der Waals surface area contributed by atoms with Gasteiger partial charge in [0.25, 0.3) is 0 Å². The van der Waals surface area contributed by atoms with Crippen LogP contribution in [0.25, 0.3) is 0 Å². The number of amides is 1. The number of rotatable bonds is 3. The lowest BCUT2D eigenvalue weighted by Crippen LogP contribution is -2.44. The van der Waals surface area contributed by atoms with Gasteiger partial charge in [0.05, 0.1) is 5.41 Å². The van der Waals surface area contributed by atoms with Gasteiger partial charge < -0.3 is 5.32 Å². The summed E-state index contributed by atoms with van der Waals surface area (Å²) in [6.45, 7) is 10.4. The fourth-order valence-corrected chi connectivity index (χ4v) is 1.46. The summed E-state index contributed by atoms with van der Waals surface area (Å²) in [6.07, 6.45) is 0. The van der Waals surface area contributed by atoms with Crippen molar-refractivity contribution in [3.63, 3.8) is 0 Å². The zero-order valence-electron chi connectivity index (χ0n) is 9.47. The van der Waals surface area contributed by atoms with Crippen molar-refractivity contribution in [2.24, 2.45) is 17.3 Å². The monoisotopic (exact) mass is 251 g/mol. The van der Waals surface area contributed by atoms with Gasteiger partial charge in [-0.15, -0.1) is 17.0 Å². The van der Waals surface area contributed by atoms with Gasteiger partial charge in [0, 0.05) is 7.05 Å². The molecule has 1 N–H and O–H groups in total. The highest BCUT2D eigenvalue weighted by molar-refractivity contribution is 8.93. The molecule has 0 heterocycles. The molecule has 0 bridgehead atoms. The van der Waals surface area contributed by atoms with E-state index in [4.69, 9.17) is 0 Å². The molecule has 80 valence electrons. The van der Waals surface area contributed by atoms with Crippen molar-refractivity contribution in [1.82, 2.24) is 5.32 Å². The van der Waals surface area contributed by atoms with Crippen LogP contribution in [0.15, 0.2) is 0 Å². The highest BCUT2D eigenvalue weighted by Crippen LogP contribution is 2.35. The van der Waals surface area contributed by atoms with Crippen LogP contribution in [-0.2, 0) is 4.79 Å². The van der Waals surface area contributed by atoms with Gasteiger partial charge in [0.2, 0.25) is 5.91 Å². The van der Waals surface area contributed by atoms with Gasteiger partial charge in [-0.2, -0.15) is 0 Å². The molecule has 0 radical (unpaired) electrons. The first kappa shape index (κ1) is 15.4. The summed E-state index contributed by atoms with van der Waals surface area (Å²) in [5.74, 6) is 0.891. The largest absolute Gasteiger partial charge is 0.359 e. The molecule has 0 spiro atoms. The van der Waals surface area contributed by atoms with E-state index in [0.29, 0.717) is 11.8 Å². The Morgan fingerprint density at radius 3 is 1.54 bits per heavy atom. The van der Waals surface area contributed by atoms with Crippen LogP contribution in [0.5, 0.6) is 0 Å². The standard InChI is InChI=1S/C10H21NO.BrH/c1-7(2)10(5,8(3)4)9(12)11-6;/h7-8H,1-6H3,(H,11,12);1H. The lowest BCUT2D eigenvalue weighted by Gasteiger charge is -2.35. The third-order valence-corrected chi connectivity index (χ3v) is 3.12. The summed E-state index contributed by atoms with van der Waals surface area (Å²) in [4.78, 5) is 11.6. The molecule has 0 aromatic heterocycles. The van der Waals surface area contributed by atoms with E-state index >= 15 is 0 Å². The quantitative estimate of drug-likeness (QED) is 0.822. The average Bonchev–Trinajstić information content (AvgIpc) is 2.00. The smallest absolute Gasteiger partial charge is 0.226 e. The molecular formula is C10H22BrNO. The molecule has 0 aromatic carbocycles. The molecule has 0 rings (SSSR count). The van der Waals surface area contributed by atoms with Gasteiger partial charge in [-0.1, -0.05) is 34.6 Å². The number of carbonyl (C=O) groups excluding carboxylic acids is 1. The summed E-state index contributed by atoms with van der Waals surface area (Å²) < 4.78 is 0. The number of nitrogens with one attached hydrogen (secondary N) is 1. The van der Waals surface area contributed by atoms with Gasteiger partial charge in [0.15, 0.2) is 0 Å². The molecule has 0 saturated heterocycles. The predicted octanol–water partition coefficient (Wildman–Crippen LogP) is 2.63. The average molecular weight is 252 g/mol. The van der Waals surface area contributed by atoms with E-state index in [-0.39, 0.29) is 28.3 Å². The number of hydrogen-bond donors (Lipinski definition) is 1. The normalized spacial score (nSPS) is 11.4. The van der Waals surface area contributed by atoms with Gasteiger partial charge in [-0.3, -0.25) is 4.79 Å². The first-order chi connectivity index (χ1) is 5.37. The molecule has 0 atom stereocenters. The third kappa shape index (κ3) is 2.97. The van der Waals surface area contributed by atoms with Gasteiger partial charge in [0.1, 0.15) is 0 Å². The molecule has 0 aliphatic rings. The maximum atomic E-state index is 11.6. The first-order valence-electron chi connectivity index (χ1n) is 4.59. The second kappa shape index (κ2) is 5.63. The Bertz CT molecular complexity index is 158. The van der Waals surface area contributed by atoms with Crippen molar-refractivity contribution in [1.29, 1.82) is 0 Å². The van der Waals surface area contributed by atoms with E-state index in [0.717, 1.165) is 0 Å². The van der Waals surface area contributed by atoms with E-state index in [2.05, 4.69) is 33.0 Å². The van der Waals surface area contributed by atoms with Crippen molar-refractivity contribution < 1.29 is 4.79 Å². The third-order valence-electron chi connectivity index (χ3n) is 3.12. The summed E-state index contributed by atoms with van der Waals surface area (Å²) in [5, 5.41) is 2.73. The number of hydrogen-bond acceptors (Lipinski definition) is 1. The second-order valence-electron chi connectivity index (χ2n) is 4.17. The maximum absolute atomic E-state index is 11.6. The molecule has 2 nitrogen and oxygen atoms in total. The summed E-state index contributed by atoms with van der Waals surface area (Å²) >= 11 is 0. The fourth-order valence-electron chi connectivity index (χ4n) is 1.46. The minimum absolute atomic E-state index is 0. The van der Waals surface area contributed by atoms with Crippen LogP contribution in [0.1, 0.15) is 34.6 Å². The molecule has 3 heteroatoms. The number of halogens is 1. The van der Waals surface area contributed by atoms with Crippen molar-refractivity contribution in [2.75, 3.05) is 7.05 Å². The molecule has 0 saturated carbocycles. The van der Waals surface area contributed by atoms with Gasteiger partial charge in [-0.25, -0.2) is 0 Å². The molecule has 0 aliphatic carbocycles. The molecule has 0 fully saturated rings. The van der Waals surface area contributed by atoms with Crippen molar-refractivity contribution in [2.45, 2.75) is 34.6 Å². The number of carbonyl (C=O) groups is 1.